The summed E-state index contributed by atoms with van der Waals surface area (Å²) in [6.45, 7) is 3.14. The van der Waals surface area contributed by atoms with Crippen molar-refractivity contribution in [2.24, 2.45) is 0 Å². The number of quaternary nitrogens is 1. The highest BCUT2D eigenvalue weighted by atomic mass is 16.7. The van der Waals surface area contributed by atoms with Crippen molar-refractivity contribution in [1.82, 2.24) is 0 Å². The number of nitrogens with one attached hydrogen (secondary N) is 3. The summed E-state index contributed by atoms with van der Waals surface area (Å²) in [6.07, 6.45) is 0. The van der Waals surface area contributed by atoms with Crippen molar-refractivity contribution in [3.05, 3.63) is 42.5 Å². The highest BCUT2D eigenvalue weighted by molar-refractivity contribution is 5.93. The third-order valence-corrected chi connectivity index (χ3v) is 4.35. The molecule has 1 aliphatic heterocycles. The average Bonchev–Trinajstić information content (AvgIpc) is 3.15. The van der Waals surface area contributed by atoms with Crippen LogP contribution in [-0.4, -0.2) is 45.4 Å². The zero-order valence-electron chi connectivity index (χ0n) is 15.9. The van der Waals surface area contributed by atoms with Crippen molar-refractivity contribution in [3.8, 4) is 17.2 Å². The van der Waals surface area contributed by atoms with E-state index in [9.17, 15) is 9.59 Å². The van der Waals surface area contributed by atoms with E-state index in [4.69, 9.17) is 14.2 Å². The minimum Gasteiger partial charge on any atom is -0.497 e. The van der Waals surface area contributed by atoms with Crippen LogP contribution >= 0.6 is 0 Å². The SMILES string of the molecule is CC[NH+](CC(=O)Nc1ccc(OC)cc1)CC(=O)Nc1ccc2c(c1)OCO2. The molecule has 0 saturated heterocycles. The molecule has 1 atom stereocenters. The van der Waals surface area contributed by atoms with Gasteiger partial charge in [-0.25, -0.2) is 0 Å². The summed E-state index contributed by atoms with van der Waals surface area (Å²) >= 11 is 0. The zero-order chi connectivity index (χ0) is 19.9. The molecule has 0 fully saturated rings. The van der Waals surface area contributed by atoms with Gasteiger partial charge in [-0.2, -0.15) is 0 Å². The number of benzene rings is 2. The number of fused-ring (bicyclic) bond motifs is 1. The van der Waals surface area contributed by atoms with Gasteiger partial charge in [0.1, 0.15) is 5.75 Å². The molecule has 0 bridgehead atoms. The predicted octanol–water partition coefficient (Wildman–Crippen LogP) is 0.906. The molecular weight excluding hydrogens is 362 g/mol. The molecule has 0 aliphatic carbocycles. The maximum Gasteiger partial charge on any atom is 0.279 e. The lowest BCUT2D eigenvalue weighted by Crippen LogP contribution is -3.13. The first-order valence-corrected chi connectivity index (χ1v) is 9.04. The molecule has 3 N–H and O–H groups in total. The Balaban J connectivity index is 1.49. The number of ether oxygens (including phenoxy) is 3. The van der Waals surface area contributed by atoms with Gasteiger partial charge in [-0.15, -0.1) is 0 Å². The van der Waals surface area contributed by atoms with E-state index < -0.39 is 0 Å². The Hall–Kier alpha value is -3.26. The molecule has 1 aliphatic rings. The lowest BCUT2D eigenvalue weighted by Gasteiger charge is -2.17. The molecular formula is C20H24N3O5+. The van der Waals surface area contributed by atoms with Crippen molar-refractivity contribution in [2.75, 3.05) is 44.2 Å². The summed E-state index contributed by atoms with van der Waals surface area (Å²) in [7, 11) is 1.59. The highest BCUT2D eigenvalue weighted by Crippen LogP contribution is 2.34. The van der Waals surface area contributed by atoms with Crippen LogP contribution < -0.4 is 29.7 Å². The topological polar surface area (TPSA) is 90.3 Å². The number of hydrogen-bond donors (Lipinski definition) is 3. The quantitative estimate of drug-likeness (QED) is 0.627. The molecule has 8 heteroatoms. The Morgan fingerprint density at radius 2 is 1.57 bits per heavy atom. The van der Waals surface area contributed by atoms with Gasteiger partial charge in [0.25, 0.3) is 11.8 Å². The van der Waals surface area contributed by atoms with Gasteiger partial charge in [-0.1, -0.05) is 0 Å². The fraction of sp³-hybridized carbons (Fsp3) is 0.300. The van der Waals surface area contributed by atoms with Gasteiger partial charge in [0, 0.05) is 17.4 Å². The van der Waals surface area contributed by atoms with Crippen LogP contribution in [0.4, 0.5) is 11.4 Å². The number of rotatable bonds is 8. The second-order valence-electron chi connectivity index (χ2n) is 6.35. The van der Waals surface area contributed by atoms with Gasteiger partial charge in [-0.05, 0) is 43.3 Å². The van der Waals surface area contributed by atoms with Crippen LogP contribution in [0.1, 0.15) is 6.92 Å². The Kier molecular flexibility index (Phi) is 6.33. The third kappa shape index (κ3) is 5.14. The zero-order valence-corrected chi connectivity index (χ0v) is 15.9. The smallest absolute Gasteiger partial charge is 0.279 e. The minimum atomic E-state index is -0.173. The van der Waals surface area contributed by atoms with E-state index in [-0.39, 0.29) is 31.7 Å². The summed E-state index contributed by atoms with van der Waals surface area (Å²) in [5, 5.41) is 5.66. The summed E-state index contributed by atoms with van der Waals surface area (Å²) in [5.74, 6) is 1.66. The van der Waals surface area contributed by atoms with Gasteiger partial charge in [0.2, 0.25) is 6.79 Å². The van der Waals surface area contributed by atoms with Crippen LogP contribution in [-0.2, 0) is 9.59 Å². The Labute approximate surface area is 163 Å². The van der Waals surface area contributed by atoms with E-state index in [1.807, 2.05) is 6.92 Å². The van der Waals surface area contributed by atoms with Gasteiger partial charge in [0.05, 0.1) is 13.7 Å². The third-order valence-electron chi connectivity index (χ3n) is 4.35. The second-order valence-corrected chi connectivity index (χ2v) is 6.35. The average molecular weight is 386 g/mol. The lowest BCUT2D eigenvalue weighted by atomic mass is 10.2. The first-order valence-electron chi connectivity index (χ1n) is 9.04. The molecule has 1 unspecified atom stereocenters. The van der Waals surface area contributed by atoms with E-state index in [2.05, 4.69) is 10.6 Å². The number of carbonyl (C=O) groups excluding carboxylic acids is 2. The van der Waals surface area contributed by atoms with Crippen LogP contribution in [0.15, 0.2) is 42.5 Å². The normalized spacial score (nSPS) is 12.9. The standard InChI is InChI=1S/C20H23N3O5/c1-3-23(11-19(24)21-14-4-7-16(26-2)8-5-14)12-20(25)22-15-6-9-17-18(10-15)28-13-27-17/h4-10H,3,11-13H2,1-2H3,(H,21,24)(H,22,25)/p+1. The van der Waals surface area contributed by atoms with Crippen molar-refractivity contribution in [1.29, 1.82) is 0 Å². The van der Waals surface area contributed by atoms with Gasteiger partial charge in [-0.3, -0.25) is 9.59 Å². The van der Waals surface area contributed by atoms with Crippen molar-refractivity contribution >= 4 is 23.2 Å². The minimum absolute atomic E-state index is 0.155. The maximum absolute atomic E-state index is 12.3. The van der Waals surface area contributed by atoms with Gasteiger partial charge < -0.3 is 29.7 Å². The number of likely N-dealkylation sites (N-methyl/N-ethyl adjacent to an activating group) is 1. The number of anilines is 2. The molecule has 2 amide bonds. The molecule has 28 heavy (non-hydrogen) atoms. The van der Waals surface area contributed by atoms with Crippen LogP contribution in [0, 0.1) is 0 Å². The molecule has 148 valence electrons. The van der Waals surface area contributed by atoms with Crippen molar-refractivity contribution in [3.63, 3.8) is 0 Å². The predicted molar refractivity (Wildman–Crippen MR) is 104 cm³/mol. The molecule has 0 spiro atoms. The van der Waals surface area contributed by atoms with Crippen molar-refractivity contribution < 1.29 is 28.7 Å². The summed E-state index contributed by atoms with van der Waals surface area (Å²) in [4.78, 5) is 25.5. The number of hydrogen-bond acceptors (Lipinski definition) is 5. The van der Waals surface area contributed by atoms with E-state index in [1.54, 1.807) is 49.6 Å². The van der Waals surface area contributed by atoms with E-state index >= 15 is 0 Å². The van der Waals surface area contributed by atoms with E-state index in [0.29, 0.717) is 29.4 Å². The molecule has 3 rings (SSSR count). The maximum atomic E-state index is 12.3. The van der Waals surface area contributed by atoms with Crippen molar-refractivity contribution in [2.45, 2.75) is 6.92 Å². The molecule has 2 aromatic carbocycles. The van der Waals surface area contributed by atoms with Gasteiger partial charge >= 0.3 is 0 Å². The molecule has 0 radical (unpaired) electrons. The summed E-state index contributed by atoms with van der Waals surface area (Å²) in [6, 6.07) is 12.3. The van der Waals surface area contributed by atoms with Crippen LogP contribution in [0.5, 0.6) is 17.2 Å². The molecule has 8 nitrogen and oxygen atoms in total. The molecule has 0 aromatic heterocycles. The molecule has 0 saturated carbocycles. The van der Waals surface area contributed by atoms with Gasteiger partial charge in [0.15, 0.2) is 24.6 Å². The first-order chi connectivity index (χ1) is 13.6. The Morgan fingerprint density at radius 3 is 2.21 bits per heavy atom. The second kappa shape index (κ2) is 9.09. The number of carbonyl (C=O) groups is 2. The first kappa shape index (κ1) is 19.5. The van der Waals surface area contributed by atoms with Crippen LogP contribution in [0.2, 0.25) is 0 Å². The summed E-state index contributed by atoms with van der Waals surface area (Å²) < 4.78 is 15.7. The Bertz CT molecular complexity index is 838. The highest BCUT2D eigenvalue weighted by Gasteiger charge is 2.18. The van der Waals surface area contributed by atoms with E-state index in [0.717, 1.165) is 10.6 Å². The number of amides is 2. The molecule has 2 aromatic rings. The molecule has 1 heterocycles. The fourth-order valence-corrected chi connectivity index (χ4v) is 2.83. The van der Waals surface area contributed by atoms with Crippen LogP contribution in [0.3, 0.4) is 0 Å². The number of methoxy groups -OCH3 is 1. The monoisotopic (exact) mass is 386 g/mol. The lowest BCUT2D eigenvalue weighted by molar-refractivity contribution is -0.881. The Morgan fingerprint density at radius 1 is 0.964 bits per heavy atom. The summed E-state index contributed by atoms with van der Waals surface area (Å²) in [5.41, 5.74) is 1.32. The van der Waals surface area contributed by atoms with Crippen LogP contribution in [0.25, 0.3) is 0 Å². The largest absolute Gasteiger partial charge is 0.497 e. The fourth-order valence-electron chi connectivity index (χ4n) is 2.83. The van der Waals surface area contributed by atoms with E-state index in [1.165, 1.54) is 0 Å².